The summed E-state index contributed by atoms with van der Waals surface area (Å²) in [4.78, 5) is 0. The van der Waals surface area contributed by atoms with Crippen LogP contribution in [0.4, 0.5) is 0 Å². The number of halogens is 1. The van der Waals surface area contributed by atoms with Crippen LogP contribution in [-0.2, 0) is 6.42 Å². The largest absolute Gasteiger partial charge is 0.314 e. The van der Waals surface area contributed by atoms with E-state index >= 15 is 0 Å². The molecule has 1 nitrogen and oxygen atoms in total. The second-order valence-corrected chi connectivity index (χ2v) is 5.89. The first-order valence-electron chi connectivity index (χ1n) is 7.25. The molecule has 1 N–H and O–H groups in total. The molecule has 1 aliphatic rings. The summed E-state index contributed by atoms with van der Waals surface area (Å²) in [6.45, 7) is 3.40. The van der Waals surface area contributed by atoms with Gasteiger partial charge in [-0.1, -0.05) is 37.1 Å². The van der Waals surface area contributed by atoms with Crippen molar-refractivity contribution in [1.82, 2.24) is 5.32 Å². The van der Waals surface area contributed by atoms with Gasteiger partial charge in [-0.3, -0.25) is 0 Å². The van der Waals surface area contributed by atoms with Gasteiger partial charge in [0.2, 0.25) is 0 Å². The van der Waals surface area contributed by atoms with E-state index in [1.165, 1.54) is 37.7 Å². The van der Waals surface area contributed by atoms with Crippen LogP contribution in [0.5, 0.6) is 0 Å². The van der Waals surface area contributed by atoms with Crippen molar-refractivity contribution >= 4 is 11.6 Å². The average molecular weight is 266 g/mol. The van der Waals surface area contributed by atoms with Crippen molar-refractivity contribution in [2.75, 3.05) is 6.54 Å². The van der Waals surface area contributed by atoms with Gasteiger partial charge in [0.1, 0.15) is 0 Å². The summed E-state index contributed by atoms with van der Waals surface area (Å²) in [7, 11) is 0. The Hall–Kier alpha value is -0.530. The fourth-order valence-corrected chi connectivity index (χ4v) is 2.97. The van der Waals surface area contributed by atoms with E-state index in [2.05, 4.69) is 24.4 Å². The van der Waals surface area contributed by atoms with Gasteiger partial charge in [-0.05, 0) is 62.3 Å². The standard InChI is InChI=1S/C16H24ClN/c1-2-13-5-9-16(10-6-13)18-12-11-14-3-7-15(17)8-4-14/h3-4,7-8,13,16,18H,2,5-6,9-12H2,1H3. The van der Waals surface area contributed by atoms with Crippen LogP contribution in [-0.4, -0.2) is 12.6 Å². The van der Waals surface area contributed by atoms with E-state index in [4.69, 9.17) is 11.6 Å². The molecule has 0 heterocycles. The maximum atomic E-state index is 5.88. The van der Waals surface area contributed by atoms with Gasteiger partial charge in [0.25, 0.3) is 0 Å². The minimum atomic E-state index is 0.750. The van der Waals surface area contributed by atoms with Crippen LogP contribution in [0.1, 0.15) is 44.6 Å². The number of rotatable bonds is 5. The molecule has 2 heteroatoms. The monoisotopic (exact) mass is 265 g/mol. The van der Waals surface area contributed by atoms with Gasteiger partial charge in [-0.25, -0.2) is 0 Å². The second kappa shape index (κ2) is 7.16. The fraction of sp³-hybridized carbons (Fsp3) is 0.625. The molecule has 1 aliphatic carbocycles. The lowest BCUT2D eigenvalue weighted by Gasteiger charge is -2.28. The average Bonchev–Trinajstić information content (AvgIpc) is 2.42. The molecule has 1 saturated carbocycles. The maximum absolute atomic E-state index is 5.88. The van der Waals surface area contributed by atoms with E-state index in [1.54, 1.807) is 0 Å². The molecule has 0 aromatic heterocycles. The predicted octanol–water partition coefficient (Wildman–Crippen LogP) is 4.44. The summed E-state index contributed by atoms with van der Waals surface area (Å²) < 4.78 is 0. The van der Waals surface area contributed by atoms with Crippen molar-refractivity contribution in [3.63, 3.8) is 0 Å². The van der Waals surface area contributed by atoms with Gasteiger partial charge < -0.3 is 5.32 Å². The van der Waals surface area contributed by atoms with Crippen molar-refractivity contribution < 1.29 is 0 Å². The smallest absolute Gasteiger partial charge is 0.0406 e. The molecular weight excluding hydrogens is 242 g/mol. The van der Waals surface area contributed by atoms with Crippen molar-refractivity contribution in [2.45, 2.75) is 51.5 Å². The third kappa shape index (κ3) is 4.29. The molecule has 2 rings (SSSR count). The zero-order valence-corrected chi connectivity index (χ0v) is 12.0. The van der Waals surface area contributed by atoms with Crippen LogP contribution in [0.2, 0.25) is 5.02 Å². The topological polar surface area (TPSA) is 12.0 Å². The first-order valence-corrected chi connectivity index (χ1v) is 7.63. The molecular formula is C16H24ClN. The third-order valence-electron chi connectivity index (χ3n) is 4.18. The lowest BCUT2D eigenvalue weighted by atomic mass is 9.84. The first-order chi connectivity index (χ1) is 8.78. The fourth-order valence-electron chi connectivity index (χ4n) is 2.85. The first kappa shape index (κ1) is 13.9. The van der Waals surface area contributed by atoms with Crippen LogP contribution < -0.4 is 5.32 Å². The molecule has 1 aromatic rings. The van der Waals surface area contributed by atoms with Crippen molar-refractivity contribution in [1.29, 1.82) is 0 Å². The summed E-state index contributed by atoms with van der Waals surface area (Å²) in [6.07, 6.45) is 8.00. The minimum Gasteiger partial charge on any atom is -0.314 e. The molecule has 0 bridgehead atoms. The van der Waals surface area contributed by atoms with Gasteiger partial charge in [0.15, 0.2) is 0 Å². The van der Waals surface area contributed by atoms with Gasteiger partial charge in [-0.15, -0.1) is 0 Å². The van der Waals surface area contributed by atoms with Crippen LogP contribution in [0.3, 0.4) is 0 Å². The summed E-state index contributed by atoms with van der Waals surface area (Å²) in [5, 5.41) is 4.52. The highest BCUT2D eigenvalue weighted by Gasteiger charge is 2.18. The highest BCUT2D eigenvalue weighted by atomic mass is 35.5. The Bertz CT molecular complexity index is 339. The summed E-state index contributed by atoms with van der Waals surface area (Å²) in [6, 6.07) is 8.95. The number of benzene rings is 1. The summed E-state index contributed by atoms with van der Waals surface area (Å²) in [5.74, 6) is 0.985. The third-order valence-corrected chi connectivity index (χ3v) is 4.44. The maximum Gasteiger partial charge on any atom is 0.0406 e. The number of hydrogen-bond acceptors (Lipinski definition) is 1. The van der Waals surface area contributed by atoms with Gasteiger partial charge >= 0.3 is 0 Å². The minimum absolute atomic E-state index is 0.750. The molecule has 0 unspecified atom stereocenters. The van der Waals surface area contributed by atoms with E-state index in [0.29, 0.717) is 0 Å². The molecule has 1 fully saturated rings. The molecule has 0 spiro atoms. The Morgan fingerprint density at radius 1 is 1.11 bits per heavy atom. The van der Waals surface area contributed by atoms with Crippen LogP contribution in [0.15, 0.2) is 24.3 Å². The van der Waals surface area contributed by atoms with E-state index in [0.717, 1.165) is 29.9 Å². The Labute approximate surface area is 116 Å². The molecule has 0 aliphatic heterocycles. The van der Waals surface area contributed by atoms with Crippen molar-refractivity contribution in [3.05, 3.63) is 34.9 Å². The van der Waals surface area contributed by atoms with E-state index in [9.17, 15) is 0 Å². The Morgan fingerprint density at radius 2 is 1.78 bits per heavy atom. The van der Waals surface area contributed by atoms with E-state index < -0.39 is 0 Å². The quantitative estimate of drug-likeness (QED) is 0.830. The van der Waals surface area contributed by atoms with Crippen molar-refractivity contribution in [2.24, 2.45) is 5.92 Å². The van der Waals surface area contributed by atoms with E-state index in [1.807, 2.05) is 12.1 Å². The molecule has 0 atom stereocenters. The van der Waals surface area contributed by atoms with Gasteiger partial charge in [0, 0.05) is 11.1 Å². The number of hydrogen-bond donors (Lipinski definition) is 1. The normalized spacial score (nSPS) is 24.1. The molecule has 18 heavy (non-hydrogen) atoms. The highest BCUT2D eigenvalue weighted by molar-refractivity contribution is 6.30. The second-order valence-electron chi connectivity index (χ2n) is 5.46. The molecule has 0 radical (unpaired) electrons. The summed E-state index contributed by atoms with van der Waals surface area (Å²) in [5.41, 5.74) is 1.37. The Balaban J connectivity index is 1.65. The van der Waals surface area contributed by atoms with Crippen molar-refractivity contribution in [3.8, 4) is 0 Å². The lowest BCUT2D eigenvalue weighted by Crippen LogP contribution is -2.34. The Kier molecular flexibility index (Phi) is 5.52. The molecule has 0 saturated heterocycles. The molecule has 100 valence electrons. The zero-order valence-electron chi connectivity index (χ0n) is 11.3. The van der Waals surface area contributed by atoms with Gasteiger partial charge in [-0.2, -0.15) is 0 Å². The van der Waals surface area contributed by atoms with Gasteiger partial charge in [0.05, 0.1) is 0 Å². The Morgan fingerprint density at radius 3 is 2.39 bits per heavy atom. The van der Waals surface area contributed by atoms with E-state index in [-0.39, 0.29) is 0 Å². The SMILES string of the molecule is CCC1CCC(NCCc2ccc(Cl)cc2)CC1. The summed E-state index contributed by atoms with van der Waals surface area (Å²) >= 11 is 5.88. The lowest BCUT2D eigenvalue weighted by molar-refractivity contribution is 0.287. The molecule has 1 aromatic carbocycles. The molecule has 0 amide bonds. The zero-order chi connectivity index (χ0) is 12.8. The number of nitrogens with one attached hydrogen (secondary N) is 1. The highest BCUT2D eigenvalue weighted by Crippen LogP contribution is 2.26. The van der Waals surface area contributed by atoms with Crippen LogP contribution >= 0.6 is 11.6 Å². The van der Waals surface area contributed by atoms with Crippen LogP contribution in [0, 0.1) is 5.92 Å². The van der Waals surface area contributed by atoms with Crippen LogP contribution in [0.25, 0.3) is 0 Å². The predicted molar refractivity (Wildman–Crippen MR) is 79.2 cm³/mol.